The third-order valence-corrected chi connectivity index (χ3v) is 4.81. The van der Waals surface area contributed by atoms with Gasteiger partial charge in [-0.3, -0.25) is 4.79 Å². The molecule has 0 rings (SSSR count). The van der Waals surface area contributed by atoms with Crippen molar-refractivity contribution in [3.8, 4) is 0 Å². The van der Waals surface area contributed by atoms with Gasteiger partial charge in [0.1, 0.15) is 6.29 Å². The fraction of sp³-hybridized carbons (Fsp3) is 0.500. The SMILES string of the molecule is C=CC(=C)CC/C=C(\C)CCC=C(C)C.CC(C)=CCC/C(C)=C/CC/C(C)=C/C=O. The summed E-state index contributed by atoms with van der Waals surface area (Å²) >= 11 is 0. The number of carbonyl (C=O) groups excluding carboxylic acids is 1. The summed E-state index contributed by atoms with van der Waals surface area (Å²) in [5.74, 6) is 0. The molecular weight excluding hydrogens is 376 g/mol. The Morgan fingerprint density at radius 1 is 0.613 bits per heavy atom. The van der Waals surface area contributed by atoms with Crippen LogP contribution in [-0.4, -0.2) is 6.29 Å². The molecule has 1 nitrogen and oxygen atoms in total. The number of rotatable bonds is 14. The average molecular weight is 425 g/mol. The van der Waals surface area contributed by atoms with Gasteiger partial charge in [0.2, 0.25) is 0 Å². The highest BCUT2D eigenvalue weighted by atomic mass is 16.1. The van der Waals surface area contributed by atoms with Crippen LogP contribution in [0.5, 0.6) is 0 Å². The highest BCUT2D eigenvalue weighted by Gasteiger charge is 1.92. The fourth-order valence-electron chi connectivity index (χ4n) is 2.73. The van der Waals surface area contributed by atoms with E-state index in [-0.39, 0.29) is 0 Å². The molecule has 0 atom stereocenters. The van der Waals surface area contributed by atoms with Gasteiger partial charge in [0, 0.05) is 0 Å². The van der Waals surface area contributed by atoms with Crippen LogP contribution >= 0.6 is 0 Å². The third kappa shape index (κ3) is 25.8. The van der Waals surface area contributed by atoms with E-state index < -0.39 is 0 Å². The molecule has 0 radical (unpaired) electrons. The summed E-state index contributed by atoms with van der Waals surface area (Å²) in [5, 5.41) is 0. The molecule has 0 spiro atoms. The van der Waals surface area contributed by atoms with E-state index in [1.165, 1.54) is 28.7 Å². The summed E-state index contributed by atoms with van der Waals surface area (Å²) in [6, 6.07) is 0. The second-order valence-electron chi connectivity index (χ2n) is 8.83. The summed E-state index contributed by atoms with van der Waals surface area (Å²) in [7, 11) is 0. The molecule has 0 fully saturated rings. The number of hydrogen-bond acceptors (Lipinski definition) is 1. The predicted molar refractivity (Wildman–Crippen MR) is 142 cm³/mol. The molecule has 0 heterocycles. The van der Waals surface area contributed by atoms with E-state index >= 15 is 0 Å². The van der Waals surface area contributed by atoms with Crippen LogP contribution < -0.4 is 0 Å². The second-order valence-corrected chi connectivity index (χ2v) is 8.83. The molecule has 0 aliphatic carbocycles. The Hall–Kier alpha value is -2.15. The van der Waals surface area contributed by atoms with Crippen molar-refractivity contribution in [2.45, 2.75) is 99.8 Å². The number of carbonyl (C=O) groups is 1. The van der Waals surface area contributed by atoms with Gasteiger partial charge in [-0.2, -0.15) is 0 Å². The van der Waals surface area contributed by atoms with Crippen LogP contribution in [0.3, 0.4) is 0 Å². The lowest BCUT2D eigenvalue weighted by Gasteiger charge is -2.00. The summed E-state index contributed by atoms with van der Waals surface area (Å²) in [6.45, 7) is 22.5. The van der Waals surface area contributed by atoms with E-state index in [9.17, 15) is 4.79 Å². The van der Waals surface area contributed by atoms with E-state index in [2.05, 4.69) is 79.0 Å². The molecule has 0 aromatic carbocycles. The van der Waals surface area contributed by atoms with Crippen molar-refractivity contribution in [3.63, 3.8) is 0 Å². The molecule has 0 aliphatic heterocycles. The summed E-state index contributed by atoms with van der Waals surface area (Å²) in [6.07, 6.45) is 22.3. The maximum atomic E-state index is 10.2. The van der Waals surface area contributed by atoms with Crippen molar-refractivity contribution < 1.29 is 4.79 Å². The van der Waals surface area contributed by atoms with E-state index in [0.717, 1.165) is 62.4 Å². The van der Waals surface area contributed by atoms with Gasteiger partial charge in [0.05, 0.1) is 0 Å². The van der Waals surface area contributed by atoms with Gasteiger partial charge in [-0.05, 0) is 106 Å². The molecular formula is C30H48O. The molecule has 31 heavy (non-hydrogen) atoms. The monoisotopic (exact) mass is 424 g/mol. The van der Waals surface area contributed by atoms with Crippen LogP contribution in [0.4, 0.5) is 0 Å². The largest absolute Gasteiger partial charge is 0.299 e. The first-order valence-corrected chi connectivity index (χ1v) is 11.6. The lowest BCUT2D eigenvalue weighted by Crippen LogP contribution is -1.81. The molecule has 0 aliphatic rings. The van der Waals surface area contributed by atoms with Gasteiger partial charge in [-0.1, -0.05) is 77.0 Å². The highest BCUT2D eigenvalue weighted by Crippen LogP contribution is 2.12. The molecule has 0 unspecified atom stereocenters. The highest BCUT2D eigenvalue weighted by molar-refractivity contribution is 5.65. The zero-order chi connectivity index (χ0) is 24.1. The van der Waals surface area contributed by atoms with Crippen molar-refractivity contribution >= 4 is 6.29 Å². The minimum Gasteiger partial charge on any atom is -0.299 e. The van der Waals surface area contributed by atoms with Gasteiger partial charge in [-0.25, -0.2) is 0 Å². The number of aldehydes is 1. The number of allylic oxidation sites excluding steroid dienone is 12. The maximum absolute atomic E-state index is 10.2. The third-order valence-electron chi connectivity index (χ3n) is 4.81. The van der Waals surface area contributed by atoms with Gasteiger partial charge in [0.25, 0.3) is 0 Å². The fourth-order valence-corrected chi connectivity index (χ4v) is 2.73. The van der Waals surface area contributed by atoms with Crippen molar-refractivity contribution in [1.29, 1.82) is 0 Å². The van der Waals surface area contributed by atoms with Gasteiger partial charge in [0.15, 0.2) is 0 Å². The molecule has 0 aromatic rings. The summed E-state index contributed by atoms with van der Waals surface area (Å²) in [5.41, 5.74) is 7.99. The molecule has 0 N–H and O–H groups in total. The minimum atomic E-state index is 0.862. The Morgan fingerprint density at radius 3 is 1.39 bits per heavy atom. The topological polar surface area (TPSA) is 17.1 Å². The van der Waals surface area contributed by atoms with Crippen molar-refractivity contribution in [1.82, 2.24) is 0 Å². The Kier molecular flexibility index (Phi) is 21.1. The smallest absolute Gasteiger partial charge is 0.142 e. The van der Waals surface area contributed by atoms with Crippen LogP contribution in [0.15, 0.2) is 83.1 Å². The molecule has 0 aromatic heterocycles. The Labute approximate surface area is 194 Å². The number of hydrogen-bond donors (Lipinski definition) is 0. The maximum Gasteiger partial charge on any atom is 0.142 e. The standard InChI is InChI=1S/C15H24O.C15H24/c1-13(2)7-5-8-14(3)9-6-10-15(4)11-12-16;1-6-14(4)10-8-12-15(5)11-7-9-13(2)3/h7,9,11-12H,5-6,8,10H2,1-4H3;6,9,12H,1,4,7-8,10-11H2,2-3,5H3/b14-9+,15-11+;15-12+. The molecule has 0 saturated carbocycles. The van der Waals surface area contributed by atoms with Crippen LogP contribution in [0.25, 0.3) is 0 Å². The van der Waals surface area contributed by atoms with Crippen LogP contribution in [-0.2, 0) is 4.79 Å². The first-order valence-electron chi connectivity index (χ1n) is 11.6. The second kappa shape index (κ2) is 21.1. The van der Waals surface area contributed by atoms with Gasteiger partial charge in [-0.15, -0.1) is 0 Å². The minimum absolute atomic E-state index is 0.862. The van der Waals surface area contributed by atoms with Crippen LogP contribution in [0.1, 0.15) is 99.8 Å². The molecule has 174 valence electrons. The van der Waals surface area contributed by atoms with Crippen LogP contribution in [0, 0.1) is 0 Å². The van der Waals surface area contributed by atoms with Crippen LogP contribution in [0.2, 0.25) is 0 Å². The lowest BCUT2D eigenvalue weighted by molar-refractivity contribution is -0.104. The molecule has 0 saturated heterocycles. The van der Waals surface area contributed by atoms with Gasteiger partial charge < -0.3 is 0 Å². The average Bonchev–Trinajstić information content (AvgIpc) is 2.68. The van der Waals surface area contributed by atoms with Crippen molar-refractivity contribution in [2.24, 2.45) is 0 Å². The van der Waals surface area contributed by atoms with E-state index in [4.69, 9.17) is 0 Å². The van der Waals surface area contributed by atoms with Crippen molar-refractivity contribution in [2.75, 3.05) is 0 Å². The molecule has 0 bridgehead atoms. The summed E-state index contributed by atoms with van der Waals surface area (Å²) < 4.78 is 0. The zero-order valence-electron chi connectivity index (χ0n) is 21.5. The first-order chi connectivity index (χ1) is 14.6. The first kappa shape index (κ1) is 31.0. The lowest BCUT2D eigenvalue weighted by atomic mass is 10.1. The van der Waals surface area contributed by atoms with Crippen molar-refractivity contribution in [3.05, 3.63) is 83.1 Å². The van der Waals surface area contributed by atoms with E-state index in [0.29, 0.717) is 0 Å². The Morgan fingerprint density at radius 2 is 1.00 bits per heavy atom. The zero-order valence-corrected chi connectivity index (χ0v) is 21.5. The quantitative estimate of drug-likeness (QED) is 0.117. The summed E-state index contributed by atoms with van der Waals surface area (Å²) in [4.78, 5) is 10.2. The van der Waals surface area contributed by atoms with E-state index in [1.54, 1.807) is 6.08 Å². The van der Waals surface area contributed by atoms with E-state index in [1.807, 2.05) is 13.0 Å². The molecule has 0 amide bonds. The van der Waals surface area contributed by atoms with Gasteiger partial charge >= 0.3 is 0 Å². The normalized spacial score (nSPS) is 11.8. The Balaban J connectivity index is 0. The predicted octanol–water partition coefficient (Wildman–Crippen LogP) is 9.81. The Bertz CT molecular complexity index is 669. The molecule has 1 heteroatoms.